The Kier molecular flexibility index (Phi) is 5.15. The Hall–Kier alpha value is -2.54. The van der Waals surface area contributed by atoms with Crippen LogP contribution in [0.1, 0.15) is 36.8 Å². The number of nitrogens with zero attached hydrogens (tertiary/aromatic N) is 3. The second-order valence-electron chi connectivity index (χ2n) is 8.50. The van der Waals surface area contributed by atoms with Gasteiger partial charge in [0.2, 0.25) is 5.91 Å². The van der Waals surface area contributed by atoms with Crippen molar-refractivity contribution in [3.8, 4) is 0 Å². The minimum Gasteiger partial charge on any atom is -0.370 e. The van der Waals surface area contributed by atoms with Gasteiger partial charge < -0.3 is 10.2 Å². The molecule has 2 aliphatic rings. The Bertz CT molecular complexity index is 1100. The van der Waals surface area contributed by atoms with Gasteiger partial charge in [-0.2, -0.15) is 0 Å². The van der Waals surface area contributed by atoms with Gasteiger partial charge in [-0.3, -0.25) is 9.78 Å². The molecule has 1 aliphatic heterocycles. The van der Waals surface area contributed by atoms with Gasteiger partial charge in [0, 0.05) is 35.2 Å². The summed E-state index contributed by atoms with van der Waals surface area (Å²) in [5, 5.41) is 4.59. The van der Waals surface area contributed by atoms with Crippen LogP contribution in [-0.4, -0.2) is 29.0 Å². The van der Waals surface area contributed by atoms with Crippen LogP contribution in [-0.2, 0) is 17.6 Å². The van der Waals surface area contributed by atoms with Gasteiger partial charge >= 0.3 is 0 Å². The number of amides is 1. The van der Waals surface area contributed by atoms with Crippen molar-refractivity contribution in [2.24, 2.45) is 11.8 Å². The average Bonchev–Trinajstić information content (AvgIpc) is 3.14. The SMILES string of the molecule is CC1CCc2nc(NC(=O)C3CCCN(c4ccnc5ccc(F)cc45)C3)sc2C1. The molecule has 2 aromatic heterocycles. The number of aromatic nitrogens is 2. The zero-order chi connectivity index (χ0) is 20.7. The number of pyridine rings is 1. The molecule has 1 N–H and O–H groups in total. The first kappa shape index (κ1) is 19.4. The van der Waals surface area contributed by atoms with Crippen LogP contribution in [0.3, 0.4) is 0 Å². The third-order valence-corrected chi connectivity index (χ3v) is 7.27. The van der Waals surface area contributed by atoms with Gasteiger partial charge in [0.05, 0.1) is 17.1 Å². The van der Waals surface area contributed by atoms with Crippen LogP contribution in [0.2, 0.25) is 0 Å². The van der Waals surface area contributed by atoms with E-state index in [1.165, 1.54) is 23.4 Å². The summed E-state index contributed by atoms with van der Waals surface area (Å²) in [6.45, 7) is 3.73. The van der Waals surface area contributed by atoms with E-state index in [-0.39, 0.29) is 17.6 Å². The highest BCUT2D eigenvalue weighted by atomic mass is 32.1. The summed E-state index contributed by atoms with van der Waals surface area (Å²) in [4.78, 5) is 25.5. The van der Waals surface area contributed by atoms with E-state index < -0.39 is 0 Å². The molecule has 1 saturated heterocycles. The van der Waals surface area contributed by atoms with Gasteiger partial charge in [0.1, 0.15) is 5.82 Å². The van der Waals surface area contributed by atoms with Crippen molar-refractivity contribution in [2.75, 3.05) is 23.3 Å². The number of hydrogen-bond donors (Lipinski definition) is 1. The maximum Gasteiger partial charge on any atom is 0.231 e. The van der Waals surface area contributed by atoms with Crippen LogP contribution in [0.15, 0.2) is 30.5 Å². The molecule has 7 heteroatoms. The van der Waals surface area contributed by atoms with Gasteiger partial charge in [-0.05, 0) is 62.3 Å². The number of carbonyl (C=O) groups excluding carboxylic acids is 1. The number of fused-ring (bicyclic) bond motifs is 2. The summed E-state index contributed by atoms with van der Waals surface area (Å²) in [6, 6.07) is 6.58. The van der Waals surface area contributed by atoms with Gasteiger partial charge in [0.25, 0.3) is 0 Å². The number of piperidine rings is 1. The number of aryl methyl sites for hydroxylation is 1. The van der Waals surface area contributed by atoms with E-state index in [1.54, 1.807) is 23.6 Å². The molecule has 2 unspecified atom stereocenters. The van der Waals surface area contributed by atoms with Crippen molar-refractivity contribution in [3.63, 3.8) is 0 Å². The van der Waals surface area contributed by atoms with E-state index in [1.807, 2.05) is 6.07 Å². The molecule has 0 bridgehead atoms. The third kappa shape index (κ3) is 3.78. The summed E-state index contributed by atoms with van der Waals surface area (Å²) in [6.07, 6.45) is 6.75. The maximum atomic E-state index is 13.8. The van der Waals surface area contributed by atoms with Gasteiger partial charge in [-0.1, -0.05) is 6.92 Å². The van der Waals surface area contributed by atoms with Crippen LogP contribution >= 0.6 is 11.3 Å². The van der Waals surface area contributed by atoms with Crippen LogP contribution in [0.25, 0.3) is 10.9 Å². The number of thiazole rings is 1. The summed E-state index contributed by atoms with van der Waals surface area (Å²) < 4.78 is 13.8. The molecule has 0 saturated carbocycles. The molecule has 1 aliphatic carbocycles. The van der Waals surface area contributed by atoms with Crippen molar-refractivity contribution in [2.45, 2.75) is 39.0 Å². The van der Waals surface area contributed by atoms with E-state index in [2.05, 4.69) is 27.1 Å². The van der Waals surface area contributed by atoms with E-state index in [4.69, 9.17) is 0 Å². The predicted molar refractivity (Wildman–Crippen MR) is 119 cm³/mol. The lowest BCUT2D eigenvalue weighted by Gasteiger charge is -2.34. The van der Waals surface area contributed by atoms with Gasteiger partial charge in [-0.15, -0.1) is 11.3 Å². The Labute approximate surface area is 179 Å². The zero-order valence-electron chi connectivity index (χ0n) is 17.0. The van der Waals surface area contributed by atoms with Crippen LogP contribution in [0.4, 0.5) is 15.2 Å². The standard InChI is InChI=1S/C23H25FN4OS/c1-14-4-6-19-21(11-14)30-23(26-19)27-22(29)15-3-2-10-28(13-15)20-8-9-25-18-7-5-16(24)12-17(18)20/h5,7-9,12,14-15H,2-4,6,10-11,13H2,1H3,(H,26,27,29). The molecular weight excluding hydrogens is 399 g/mol. The highest BCUT2D eigenvalue weighted by Gasteiger charge is 2.28. The fraction of sp³-hybridized carbons (Fsp3) is 0.435. The third-order valence-electron chi connectivity index (χ3n) is 6.23. The fourth-order valence-corrected chi connectivity index (χ4v) is 5.76. The lowest BCUT2D eigenvalue weighted by Crippen LogP contribution is -2.40. The summed E-state index contributed by atoms with van der Waals surface area (Å²) in [7, 11) is 0. The largest absolute Gasteiger partial charge is 0.370 e. The van der Waals surface area contributed by atoms with Crippen LogP contribution < -0.4 is 10.2 Å². The molecule has 5 nitrogen and oxygen atoms in total. The summed E-state index contributed by atoms with van der Waals surface area (Å²) in [5.74, 6) is 0.331. The monoisotopic (exact) mass is 424 g/mol. The molecule has 30 heavy (non-hydrogen) atoms. The Morgan fingerprint density at radius 1 is 1.30 bits per heavy atom. The second-order valence-corrected chi connectivity index (χ2v) is 9.59. The molecule has 156 valence electrons. The maximum absolute atomic E-state index is 13.8. The molecular formula is C23H25FN4OS. The number of anilines is 2. The van der Waals surface area contributed by atoms with E-state index in [9.17, 15) is 9.18 Å². The average molecular weight is 425 g/mol. The number of nitrogens with one attached hydrogen (secondary N) is 1. The molecule has 1 fully saturated rings. The van der Waals surface area contributed by atoms with Crippen LogP contribution in [0, 0.1) is 17.7 Å². The van der Waals surface area contributed by atoms with Gasteiger partial charge in [-0.25, -0.2) is 9.37 Å². The second kappa shape index (κ2) is 7.95. The Morgan fingerprint density at radius 3 is 3.10 bits per heavy atom. The molecule has 1 amide bonds. The molecule has 2 atom stereocenters. The van der Waals surface area contributed by atoms with Crippen molar-refractivity contribution in [3.05, 3.63) is 46.9 Å². The summed E-state index contributed by atoms with van der Waals surface area (Å²) >= 11 is 1.63. The molecule has 0 radical (unpaired) electrons. The fourth-order valence-electron chi connectivity index (χ4n) is 4.59. The first-order valence-electron chi connectivity index (χ1n) is 10.7. The lowest BCUT2D eigenvalue weighted by atomic mass is 9.93. The number of rotatable bonds is 3. The normalized spacial score (nSPS) is 21.5. The van der Waals surface area contributed by atoms with Crippen molar-refractivity contribution in [1.29, 1.82) is 0 Å². The Balaban J connectivity index is 1.32. The molecule has 1 aromatic carbocycles. The first-order valence-corrected chi connectivity index (χ1v) is 11.5. The topological polar surface area (TPSA) is 58.1 Å². The molecule has 3 aromatic rings. The van der Waals surface area contributed by atoms with Crippen molar-refractivity contribution in [1.82, 2.24) is 9.97 Å². The van der Waals surface area contributed by atoms with E-state index in [0.717, 1.165) is 59.6 Å². The Morgan fingerprint density at radius 2 is 2.20 bits per heavy atom. The number of hydrogen-bond acceptors (Lipinski definition) is 5. The summed E-state index contributed by atoms with van der Waals surface area (Å²) in [5.41, 5.74) is 2.86. The quantitative estimate of drug-likeness (QED) is 0.656. The molecule has 0 spiro atoms. The van der Waals surface area contributed by atoms with E-state index in [0.29, 0.717) is 12.5 Å². The minimum atomic E-state index is -0.273. The highest BCUT2D eigenvalue weighted by Crippen LogP contribution is 2.33. The van der Waals surface area contributed by atoms with E-state index >= 15 is 0 Å². The number of carbonyl (C=O) groups is 1. The zero-order valence-corrected chi connectivity index (χ0v) is 17.8. The van der Waals surface area contributed by atoms with Crippen molar-refractivity contribution < 1.29 is 9.18 Å². The van der Waals surface area contributed by atoms with Crippen molar-refractivity contribution >= 4 is 39.0 Å². The molecule has 3 heterocycles. The molecule has 5 rings (SSSR count). The minimum absolute atomic E-state index is 0.0309. The predicted octanol–water partition coefficient (Wildman–Crippen LogP) is 4.81. The lowest BCUT2D eigenvalue weighted by molar-refractivity contribution is -0.120. The smallest absolute Gasteiger partial charge is 0.231 e. The van der Waals surface area contributed by atoms with Gasteiger partial charge in [0.15, 0.2) is 5.13 Å². The highest BCUT2D eigenvalue weighted by molar-refractivity contribution is 7.15. The number of benzene rings is 1. The van der Waals surface area contributed by atoms with Crippen LogP contribution in [0.5, 0.6) is 0 Å². The first-order chi connectivity index (χ1) is 14.6. The number of halogens is 1.